The third-order valence-electron chi connectivity index (χ3n) is 5.56. The molecule has 1 saturated heterocycles. The Morgan fingerprint density at radius 1 is 1.19 bits per heavy atom. The zero-order valence-electron chi connectivity index (χ0n) is 16.9. The number of piperidine rings is 1. The number of aryl methyl sites for hydroxylation is 1. The minimum absolute atomic E-state index is 0.108. The maximum atomic E-state index is 13.6. The number of nitrogens with one attached hydrogen (secondary N) is 1. The van der Waals surface area contributed by atoms with Crippen molar-refractivity contribution in [3.63, 3.8) is 0 Å². The molecular weight excluding hydrogens is 425 g/mol. The Hall–Kier alpha value is -3.13. The molecular formula is C22H21ClFN3O4. The van der Waals surface area contributed by atoms with Gasteiger partial charge in [0.2, 0.25) is 0 Å². The average molecular weight is 446 g/mol. The van der Waals surface area contributed by atoms with Gasteiger partial charge < -0.3 is 14.6 Å². The predicted octanol–water partition coefficient (Wildman–Crippen LogP) is 3.03. The first-order chi connectivity index (χ1) is 14.8. The van der Waals surface area contributed by atoms with Crippen LogP contribution in [0.1, 0.15) is 24.4 Å². The Bertz CT molecular complexity index is 1260. The summed E-state index contributed by atoms with van der Waals surface area (Å²) < 4.78 is 20.3. The fourth-order valence-electron chi connectivity index (χ4n) is 3.91. The number of aromatic nitrogens is 2. The summed E-state index contributed by atoms with van der Waals surface area (Å²) in [4.78, 5) is 42.1. The number of carbonyl (C=O) groups excluding carboxylic acids is 1. The molecule has 0 aliphatic carbocycles. The van der Waals surface area contributed by atoms with Crippen LogP contribution in [0.4, 0.5) is 4.39 Å². The lowest BCUT2D eigenvalue weighted by Crippen LogP contribution is -2.46. The molecule has 162 valence electrons. The second-order valence-corrected chi connectivity index (χ2v) is 8.04. The number of likely N-dealkylation sites (tertiary alicyclic amines) is 1. The molecule has 7 nitrogen and oxygen atoms in total. The molecule has 1 fully saturated rings. The Kier molecular flexibility index (Phi) is 5.82. The molecule has 4 rings (SSSR count). The van der Waals surface area contributed by atoms with E-state index in [-0.39, 0.29) is 23.9 Å². The van der Waals surface area contributed by atoms with Crippen LogP contribution in [0.2, 0.25) is 5.02 Å². The van der Waals surface area contributed by atoms with Crippen molar-refractivity contribution in [1.29, 1.82) is 0 Å². The van der Waals surface area contributed by atoms with Gasteiger partial charge >= 0.3 is 5.69 Å². The van der Waals surface area contributed by atoms with Crippen LogP contribution in [0, 0.1) is 12.7 Å². The summed E-state index contributed by atoms with van der Waals surface area (Å²) in [7, 11) is 0. The molecule has 0 spiro atoms. The second-order valence-electron chi connectivity index (χ2n) is 7.61. The Labute approximate surface area is 182 Å². The van der Waals surface area contributed by atoms with Gasteiger partial charge in [-0.2, -0.15) is 0 Å². The van der Waals surface area contributed by atoms with Crippen molar-refractivity contribution in [2.45, 2.75) is 25.8 Å². The number of amides is 1. The molecule has 0 unspecified atom stereocenters. The smallest absolute Gasteiger partial charge is 0.329 e. The largest absolute Gasteiger partial charge is 0.483 e. The van der Waals surface area contributed by atoms with Crippen LogP contribution in [-0.4, -0.2) is 40.1 Å². The molecule has 0 bridgehead atoms. The maximum Gasteiger partial charge on any atom is 0.329 e. The van der Waals surface area contributed by atoms with E-state index in [2.05, 4.69) is 4.98 Å². The number of hydrogen-bond donors (Lipinski definition) is 1. The van der Waals surface area contributed by atoms with E-state index in [1.165, 1.54) is 12.1 Å². The molecule has 2 aromatic carbocycles. The highest BCUT2D eigenvalue weighted by atomic mass is 35.5. The molecule has 3 aromatic rings. The zero-order valence-corrected chi connectivity index (χ0v) is 17.6. The normalized spacial score (nSPS) is 14.7. The quantitative estimate of drug-likeness (QED) is 0.669. The van der Waals surface area contributed by atoms with Gasteiger partial charge in [-0.1, -0.05) is 11.6 Å². The van der Waals surface area contributed by atoms with E-state index < -0.39 is 17.1 Å². The minimum Gasteiger partial charge on any atom is -0.483 e. The van der Waals surface area contributed by atoms with Crippen molar-refractivity contribution in [2.75, 3.05) is 19.7 Å². The Balaban J connectivity index is 1.43. The van der Waals surface area contributed by atoms with Gasteiger partial charge in [0.05, 0.1) is 10.9 Å². The van der Waals surface area contributed by atoms with Gasteiger partial charge in [-0.15, -0.1) is 0 Å². The lowest BCUT2D eigenvalue weighted by molar-refractivity contribution is -0.134. The van der Waals surface area contributed by atoms with Gasteiger partial charge in [0.15, 0.2) is 6.61 Å². The number of benzene rings is 2. The predicted molar refractivity (Wildman–Crippen MR) is 115 cm³/mol. The van der Waals surface area contributed by atoms with Crippen molar-refractivity contribution in [3.8, 4) is 5.75 Å². The van der Waals surface area contributed by atoms with Gasteiger partial charge in [-0.05, 0) is 61.7 Å². The van der Waals surface area contributed by atoms with E-state index in [0.29, 0.717) is 42.2 Å². The first-order valence-corrected chi connectivity index (χ1v) is 10.3. The van der Waals surface area contributed by atoms with Crippen molar-refractivity contribution in [2.24, 2.45) is 0 Å². The Morgan fingerprint density at radius 3 is 2.65 bits per heavy atom. The first-order valence-electron chi connectivity index (χ1n) is 9.94. The van der Waals surface area contributed by atoms with Crippen molar-refractivity contribution >= 4 is 28.4 Å². The molecule has 1 aliphatic heterocycles. The van der Waals surface area contributed by atoms with E-state index in [9.17, 15) is 18.8 Å². The number of rotatable bonds is 4. The number of H-pyrrole nitrogens is 1. The molecule has 9 heteroatoms. The molecule has 31 heavy (non-hydrogen) atoms. The molecule has 1 amide bonds. The van der Waals surface area contributed by atoms with Crippen LogP contribution in [0.25, 0.3) is 10.9 Å². The third-order valence-corrected chi connectivity index (χ3v) is 5.80. The van der Waals surface area contributed by atoms with Crippen LogP contribution < -0.4 is 16.0 Å². The van der Waals surface area contributed by atoms with Crippen molar-refractivity contribution < 1.29 is 13.9 Å². The zero-order chi connectivity index (χ0) is 22.1. The summed E-state index contributed by atoms with van der Waals surface area (Å²) in [6, 6.07) is 8.51. The highest BCUT2D eigenvalue weighted by Gasteiger charge is 2.26. The standard InChI is InChI=1S/C22H21ClFN3O4/c1-13-10-14(23)2-5-19(13)31-12-20(28)26-8-6-16(7-9-26)27-21(29)17-11-15(24)3-4-18(17)25-22(27)30/h2-5,10-11,16H,6-9,12H2,1H3,(H,25,30). The van der Waals surface area contributed by atoms with E-state index in [1.54, 1.807) is 23.1 Å². The lowest BCUT2D eigenvalue weighted by Gasteiger charge is -2.32. The Morgan fingerprint density at radius 2 is 1.94 bits per heavy atom. The van der Waals surface area contributed by atoms with E-state index in [4.69, 9.17) is 16.3 Å². The summed E-state index contributed by atoms with van der Waals surface area (Å²) in [6.45, 7) is 2.52. The van der Waals surface area contributed by atoms with Gasteiger partial charge in [0.1, 0.15) is 11.6 Å². The van der Waals surface area contributed by atoms with Crippen molar-refractivity contribution in [3.05, 3.63) is 73.6 Å². The van der Waals surface area contributed by atoms with Crippen LogP contribution in [0.5, 0.6) is 5.75 Å². The highest BCUT2D eigenvalue weighted by Crippen LogP contribution is 2.23. The first kappa shape index (κ1) is 21.1. The van der Waals surface area contributed by atoms with Gasteiger partial charge in [-0.3, -0.25) is 14.2 Å². The van der Waals surface area contributed by atoms with E-state index in [1.807, 2.05) is 6.92 Å². The van der Waals surface area contributed by atoms with Crippen LogP contribution in [0.15, 0.2) is 46.0 Å². The summed E-state index contributed by atoms with van der Waals surface area (Å²) >= 11 is 5.93. The second kappa shape index (κ2) is 8.55. The molecule has 2 heterocycles. The maximum absolute atomic E-state index is 13.6. The molecule has 0 saturated carbocycles. The van der Waals surface area contributed by atoms with E-state index >= 15 is 0 Å². The average Bonchev–Trinajstić information content (AvgIpc) is 2.74. The lowest BCUT2D eigenvalue weighted by atomic mass is 10.0. The van der Waals surface area contributed by atoms with Crippen molar-refractivity contribution in [1.82, 2.24) is 14.5 Å². The molecule has 1 N–H and O–H groups in total. The fourth-order valence-corrected chi connectivity index (χ4v) is 4.14. The summed E-state index contributed by atoms with van der Waals surface area (Å²) in [5, 5.41) is 0.727. The van der Waals surface area contributed by atoms with Crippen LogP contribution >= 0.6 is 11.6 Å². The monoisotopic (exact) mass is 445 g/mol. The van der Waals surface area contributed by atoms with E-state index in [0.717, 1.165) is 16.2 Å². The summed E-state index contributed by atoms with van der Waals surface area (Å²) in [6.07, 6.45) is 0.880. The summed E-state index contributed by atoms with van der Waals surface area (Å²) in [5.41, 5.74) is 0.0836. The molecule has 0 atom stereocenters. The number of nitrogens with zero attached hydrogens (tertiary/aromatic N) is 2. The number of ether oxygens (including phenoxy) is 1. The topological polar surface area (TPSA) is 84.4 Å². The number of halogens is 2. The minimum atomic E-state index is -0.542. The molecule has 0 radical (unpaired) electrons. The van der Waals surface area contributed by atoms with Gasteiger partial charge in [0.25, 0.3) is 11.5 Å². The fraction of sp³-hybridized carbons (Fsp3) is 0.318. The number of fused-ring (bicyclic) bond motifs is 1. The SMILES string of the molecule is Cc1cc(Cl)ccc1OCC(=O)N1CCC(n2c(=O)[nH]c3ccc(F)cc3c2=O)CC1. The van der Waals surface area contributed by atoms with Crippen LogP contribution in [-0.2, 0) is 4.79 Å². The van der Waals surface area contributed by atoms with Gasteiger partial charge in [0, 0.05) is 24.2 Å². The number of hydrogen-bond acceptors (Lipinski definition) is 4. The van der Waals surface area contributed by atoms with Gasteiger partial charge in [-0.25, -0.2) is 9.18 Å². The van der Waals surface area contributed by atoms with Crippen LogP contribution in [0.3, 0.4) is 0 Å². The third kappa shape index (κ3) is 4.34. The summed E-state index contributed by atoms with van der Waals surface area (Å²) in [5.74, 6) is -0.122. The molecule has 1 aromatic heterocycles. The number of carbonyl (C=O) groups is 1. The molecule has 1 aliphatic rings. The highest BCUT2D eigenvalue weighted by molar-refractivity contribution is 6.30. The number of aromatic amines is 1.